The maximum Gasteiger partial charge on any atom is 0.415 e. The largest absolute Gasteiger partial charge is 0.443 e. The Kier molecular flexibility index (Phi) is 14.8. The molecule has 4 aliphatic carbocycles. The molecular weight excluding hydrogens is 961 g/mol. The van der Waals surface area contributed by atoms with Gasteiger partial charge >= 0.3 is 6.09 Å². The minimum absolute atomic E-state index is 0.000182. The Morgan fingerprint density at radius 1 is 0.707 bits per heavy atom. The molecule has 4 aliphatic rings. The summed E-state index contributed by atoms with van der Waals surface area (Å²) in [5.74, 6) is 1.22. The number of hydrogen-bond acceptors (Lipinski definition) is 15. The number of nitrogens with one attached hydrogen (secondary N) is 5. The highest BCUT2D eigenvalue weighted by atomic mass is 16.6. The molecule has 0 aliphatic heterocycles. The second-order valence-electron chi connectivity index (χ2n) is 21.7. The second-order valence-corrected chi connectivity index (χ2v) is 21.7. The third kappa shape index (κ3) is 11.8. The lowest BCUT2D eigenvalue weighted by Crippen LogP contribution is -2.38. The summed E-state index contributed by atoms with van der Waals surface area (Å²) >= 11 is 0. The monoisotopic (exact) mass is 1030 g/mol. The van der Waals surface area contributed by atoms with E-state index < -0.39 is 11.7 Å². The van der Waals surface area contributed by atoms with E-state index in [2.05, 4.69) is 60.6 Å². The van der Waals surface area contributed by atoms with Gasteiger partial charge in [0.2, 0.25) is 0 Å². The predicted molar refractivity (Wildman–Crippen MR) is 285 cm³/mol. The molecular formula is C53H70N14O8. The lowest BCUT2D eigenvalue weighted by Gasteiger charge is -2.37. The van der Waals surface area contributed by atoms with Gasteiger partial charge in [0.25, 0.3) is 22.9 Å². The third-order valence-electron chi connectivity index (χ3n) is 14.6. The summed E-state index contributed by atoms with van der Waals surface area (Å²) in [5.41, 5.74) is 0.568. The summed E-state index contributed by atoms with van der Waals surface area (Å²) in [5, 5.41) is 24.0. The normalized spacial score (nSPS) is 21.7. The van der Waals surface area contributed by atoms with Crippen molar-refractivity contribution >= 4 is 63.8 Å². The maximum atomic E-state index is 13.6. The molecule has 22 nitrogen and oxygen atoms in total. The molecule has 4 atom stereocenters. The van der Waals surface area contributed by atoms with Crippen molar-refractivity contribution in [3.05, 3.63) is 93.0 Å². The summed E-state index contributed by atoms with van der Waals surface area (Å²) in [7, 11) is 6.78. The van der Waals surface area contributed by atoms with Crippen LogP contribution in [0.5, 0.6) is 0 Å². The Hall–Kier alpha value is -7.33. The van der Waals surface area contributed by atoms with Crippen molar-refractivity contribution in [3.8, 4) is 0 Å². The average molecular weight is 1030 g/mol. The van der Waals surface area contributed by atoms with E-state index in [9.17, 15) is 24.0 Å². The molecule has 6 aromatic rings. The molecule has 400 valence electrons. The highest BCUT2D eigenvalue weighted by Crippen LogP contribution is 2.38. The Morgan fingerprint density at radius 2 is 1.17 bits per heavy atom. The molecule has 22 heteroatoms. The van der Waals surface area contributed by atoms with Gasteiger partial charge in [-0.25, -0.2) is 14.8 Å². The number of ether oxygens (including phenoxy) is 3. The highest BCUT2D eigenvalue weighted by Gasteiger charge is 2.36. The number of carbonyl (C=O) groups excluding carboxylic acids is 3. The first kappa shape index (κ1) is 52.5. The SMILES string of the molecule is CNc1cc(Nc2cccn(C3CCC[C@@](C)(OC)C3)c2=O)nc2c(C(=O)NC3CC3)cnn12.CO[C@]1(C)CCCC(n2cccc(Nc3cc(N(C)C(=O)OC(C)(C)C)n4ncc(C(=O)NC5CC5)c4n3)c2=O)C1. The van der Waals surface area contributed by atoms with Gasteiger partial charge in [-0.05, 0) is 136 Å². The molecule has 75 heavy (non-hydrogen) atoms. The van der Waals surface area contributed by atoms with Gasteiger partial charge < -0.3 is 49.9 Å². The standard InChI is InChI=1S/C29H39N7O5.C24H31N7O3/c1-28(2,3)41-27(39)34(5)23-15-22(33-24-20(17-30-36(23)24)25(37)31-18-11-12-18)32-21-10-8-14-35(26(21)38)19-9-7-13-29(4,16-19)40-6;1-24(34-3)10-4-6-16(13-24)30-11-5-7-18(23(30)33)28-19-12-20(25-2)31-21(29-19)17(14-26-31)22(32)27-15-8-9-15/h8,10,14-15,17-19H,7,9,11-13,16H2,1-6H3,(H,31,37)(H,32,33);5,7,11-12,14-16,25H,4,6,8-10,13H2,1-3H3,(H,27,32)(H,28,29)/t19?,29-;16?,24-/m11/s1. The number of anilines is 6. The summed E-state index contributed by atoms with van der Waals surface area (Å²) in [4.78, 5) is 76.3. The summed E-state index contributed by atoms with van der Waals surface area (Å²) in [6.07, 6.45) is 17.1. The van der Waals surface area contributed by atoms with E-state index in [-0.39, 0.29) is 75.3 Å². The quantitative estimate of drug-likeness (QED) is 0.0709. The van der Waals surface area contributed by atoms with Gasteiger partial charge in [-0.3, -0.25) is 24.1 Å². The third-order valence-corrected chi connectivity index (χ3v) is 14.6. The molecule has 2 unspecified atom stereocenters. The van der Waals surface area contributed by atoms with Crippen molar-refractivity contribution in [1.29, 1.82) is 0 Å². The van der Waals surface area contributed by atoms with E-state index >= 15 is 0 Å². The van der Waals surface area contributed by atoms with Crippen molar-refractivity contribution in [2.45, 2.75) is 153 Å². The maximum absolute atomic E-state index is 13.6. The highest BCUT2D eigenvalue weighted by molar-refractivity contribution is 6.01. The van der Waals surface area contributed by atoms with E-state index in [4.69, 9.17) is 14.2 Å². The van der Waals surface area contributed by atoms with Crippen LogP contribution in [0.1, 0.15) is 144 Å². The van der Waals surface area contributed by atoms with E-state index in [1.807, 2.05) is 18.3 Å². The number of rotatable bonds is 14. The molecule has 4 fully saturated rings. The second kappa shape index (κ2) is 21.1. The van der Waals surface area contributed by atoms with Gasteiger partial charge in [0.05, 0.1) is 23.6 Å². The number of methoxy groups -OCH3 is 2. The fourth-order valence-electron chi connectivity index (χ4n) is 9.92. The van der Waals surface area contributed by atoms with Crippen molar-refractivity contribution in [3.63, 3.8) is 0 Å². The minimum atomic E-state index is -0.717. The van der Waals surface area contributed by atoms with E-state index in [1.54, 1.807) is 93.2 Å². The van der Waals surface area contributed by atoms with Crippen LogP contribution in [0, 0.1) is 0 Å². The van der Waals surface area contributed by atoms with Crippen molar-refractivity contribution in [2.24, 2.45) is 0 Å². The Morgan fingerprint density at radius 3 is 1.63 bits per heavy atom. The lowest BCUT2D eigenvalue weighted by molar-refractivity contribution is -0.0378. The summed E-state index contributed by atoms with van der Waals surface area (Å²) in [6, 6.07) is 10.9. The summed E-state index contributed by atoms with van der Waals surface area (Å²) < 4.78 is 23.6. The Labute approximate surface area is 434 Å². The Bertz CT molecular complexity index is 3220. The molecule has 10 rings (SSSR count). The van der Waals surface area contributed by atoms with Crippen LogP contribution < -0.4 is 42.6 Å². The summed E-state index contributed by atoms with van der Waals surface area (Å²) in [6.45, 7) is 9.53. The van der Waals surface area contributed by atoms with Crippen molar-refractivity contribution < 1.29 is 28.6 Å². The van der Waals surface area contributed by atoms with Crippen LogP contribution in [0.2, 0.25) is 0 Å². The van der Waals surface area contributed by atoms with Crippen LogP contribution in [-0.4, -0.2) is 113 Å². The molecule has 6 aromatic heterocycles. The molecule has 0 spiro atoms. The minimum Gasteiger partial charge on any atom is -0.443 e. The molecule has 6 heterocycles. The number of pyridine rings is 2. The van der Waals surface area contributed by atoms with E-state index in [0.717, 1.165) is 77.0 Å². The van der Waals surface area contributed by atoms with Crippen LogP contribution in [0.15, 0.2) is 70.8 Å². The van der Waals surface area contributed by atoms with Gasteiger partial charge in [0, 0.05) is 77.0 Å². The number of aromatic nitrogens is 8. The molecule has 4 saturated carbocycles. The zero-order valence-corrected chi connectivity index (χ0v) is 44.4. The number of nitrogens with zero attached hydrogens (tertiary/aromatic N) is 9. The number of fused-ring (bicyclic) bond motifs is 2. The number of hydrogen-bond donors (Lipinski definition) is 5. The van der Waals surface area contributed by atoms with E-state index in [0.29, 0.717) is 40.0 Å². The lowest BCUT2D eigenvalue weighted by atomic mass is 9.83. The molecule has 0 radical (unpaired) electrons. The number of amides is 3. The van der Waals surface area contributed by atoms with Crippen LogP contribution in [-0.2, 0) is 14.2 Å². The molecule has 0 saturated heterocycles. The fraction of sp³-hybridized carbons (Fsp3) is 0.528. The zero-order chi connectivity index (χ0) is 53.4. The van der Waals surface area contributed by atoms with Gasteiger partial charge in [0.1, 0.15) is 51.4 Å². The first-order valence-electron chi connectivity index (χ1n) is 25.9. The fourth-order valence-corrected chi connectivity index (χ4v) is 9.92. The Balaban J connectivity index is 0.000000187. The number of carbonyl (C=O) groups is 3. The van der Waals surface area contributed by atoms with Gasteiger partial charge in [-0.15, -0.1) is 0 Å². The van der Waals surface area contributed by atoms with Crippen molar-refractivity contribution in [1.82, 2.24) is 49.0 Å². The van der Waals surface area contributed by atoms with Crippen LogP contribution in [0.3, 0.4) is 0 Å². The van der Waals surface area contributed by atoms with Gasteiger partial charge in [-0.2, -0.15) is 19.2 Å². The van der Waals surface area contributed by atoms with Gasteiger partial charge in [-0.1, -0.05) is 0 Å². The molecule has 5 N–H and O–H groups in total. The molecule has 0 aromatic carbocycles. The van der Waals surface area contributed by atoms with Crippen LogP contribution in [0.25, 0.3) is 11.3 Å². The first-order valence-corrected chi connectivity index (χ1v) is 25.9. The molecule has 0 bridgehead atoms. The van der Waals surface area contributed by atoms with Crippen LogP contribution >= 0.6 is 0 Å². The smallest absolute Gasteiger partial charge is 0.415 e. The van der Waals surface area contributed by atoms with Crippen LogP contribution in [0.4, 0.5) is 39.4 Å². The predicted octanol–water partition coefficient (Wildman–Crippen LogP) is 7.51. The average Bonchev–Trinajstić information content (AvgIpc) is 4.30. The van der Waals surface area contributed by atoms with Gasteiger partial charge in [0.15, 0.2) is 11.3 Å². The van der Waals surface area contributed by atoms with Crippen molar-refractivity contribution in [2.75, 3.05) is 49.2 Å². The first-order chi connectivity index (χ1) is 35.8. The molecule has 3 amide bonds. The van der Waals surface area contributed by atoms with E-state index in [1.165, 1.54) is 21.8 Å². The zero-order valence-electron chi connectivity index (χ0n) is 44.4. The topological polar surface area (TPSA) is 247 Å².